The third kappa shape index (κ3) is 7.50. The van der Waals surface area contributed by atoms with Crippen molar-refractivity contribution < 1.29 is 50.2 Å². The van der Waals surface area contributed by atoms with Crippen LogP contribution in [0.4, 0.5) is 18.0 Å². The Morgan fingerprint density at radius 3 is 2.46 bits per heavy atom. The van der Waals surface area contributed by atoms with Crippen molar-refractivity contribution in [3.63, 3.8) is 0 Å². The summed E-state index contributed by atoms with van der Waals surface area (Å²) in [6.07, 6.45) is 6.05. The maximum Gasteiger partial charge on any atom is 0.549 e. The lowest BCUT2D eigenvalue weighted by Gasteiger charge is -2.30. The number of nitrogens with one attached hydrogen (secondary N) is 2. The van der Waals surface area contributed by atoms with Crippen LogP contribution in [-0.2, 0) is 29.1 Å². The van der Waals surface area contributed by atoms with Gasteiger partial charge in [0.15, 0.2) is 5.54 Å². The van der Waals surface area contributed by atoms with Crippen molar-refractivity contribution in [2.75, 3.05) is 6.54 Å². The van der Waals surface area contributed by atoms with Crippen LogP contribution in [0.2, 0.25) is 0 Å². The number of quaternary nitrogens is 1. The SMILES string of the molecule is CC(C)(C)OC(=O)NC1CCCCCC=CC2CC2(C(=O)[NH2+]S(=O)(=O)C(F)(F)F)NC(=O)C2CCCN2C1=O. The molecule has 0 radical (unpaired) electrons. The smallest absolute Gasteiger partial charge is 0.444 e. The second kappa shape index (κ2) is 11.4. The van der Waals surface area contributed by atoms with Crippen molar-refractivity contribution in [1.82, 2.24) is 15.5 Å². The van der Waals surface area contributed by atoms with Gasteiger partial charge < -0.3 is 20.3 Å². The van der Waals surface area contributed by atoms with E-state index in [1.807, 2.05) is 0 Å². The topological polar surface area (TPSA) is 156 Å². The van der Waals surface area contributed by atoms with Gasteiger partial charge in [0.05, 0.1) is 0 Å². The molecule has 2 aliphatic heterocycles. The Balaban J connectivity index is 1.85. The number of amides is 4. The molecule has 39 heavy (non-hydrogen) atoms. The van der Waals surface area contributed by atoms with Gasteiger partial charge in [-0.15, -0.1) is 0 Å². The predicted molar refractivity (Wildman–Crippen MR) is 131 cm³/mol. The van der Waals surface area contributed by atoms with Gasteiger partial charge >= 0.3 is 27.5 Å². The van der Waals surface area contributed by atoms with Crippen molar-refractivity contribution in [2.24, 2.45) is 5.92 Å². The van der Waals surface area contributed by atoms with E-state index in [9.17, 15) is 40.8 Å². The van der Waals surface area contributed by atoms with Crippen LogP contribution in [0.1, 0.15) is 72.1 Å². The van der Waals surface area contributed by atoms with Gasteiger partial charge in [-0.05, 0) is 59.3 Å². The first kappa shape index (κ1) is 30.9. The maximum absolute atomic E-state index is 13.5. The first-order chi connectivity index (χ1) is 18.0. The Kier molecular flexibility index (Phi) is 9.05. The molecule has 2 fully saturated rings. The van der Waals surface area contributed by atoms with E-state index in [0.717, 1.165) is 0 Å². The highest BCUT2D eigenvalue weighted by Crippen LogP contribution is 2.45. The first-order valence-corrected chi connectivity index (χ1v) is 14.5. The summed E-state index contributed by atoms with van der Waals surface area (Å²) < 4.78 is 67.1. The van der Waals surface area contributed by atoms with Crippen LogP contribution in [-0.4, -0.2) is 72.4 Å². The van der Waals surface area contributed by atoms with E-state index in [1.165, 1.54) is 4.90 Å². The molecule has 4 amide bonds. The van der Waals surface area contributed by atoms with Crippen LogP contribution < -0.4 is 15.4 Å². The molecule has 0 spiro atoms. The van der Waals surface area contributed by atoms with E-state index in [0.29, 0.717) is 38.5 Å². The molecule has 0 aromatic carbocycles. The fourth-order valence-corrected chi connectivity index (χ4v) is 5.51. The number of carbonyl (C=O) groups is 4. The summed E-state index contributed by atoms with van der Waals surface area (Å²) in [6, 6.07) is -2.01. The molecular weight excluding hydrogens is 545 g/mol. The molecule has 4 atom stereocenters. The van der Waals surface area contributed by atoms with E-state index >= 15 is 0 Å². The zero-order chi connectivity index (χ0) is 29.2. The fourth-order valence-electron chi connectivity index (χ4n) is 4.88. The molecule has 4 N–H and O–H groups in total. The molecule has 4 unspecified atom stereocenters. The van der Waals surface area contributed by atoms with Gasteiger partial charge in [-0.25, -0.2) is 9.59 Å². The number of primary amides is 1. The Bertz CT molecular complexity index is 1120. The van der Waals surface area contributed by atoms with Crippen LogP contribution in [0, 0.1) is 5.92 Å². The summed E-state index contributed by atoms with van der Waals surface area (Å²) in [6.45, 7) is 5.24. The number of alkyl carbamates (subject to hydrolysis) is 1. The monoisotopic (exact) mass is 581 g/mol. The van der Waals surface area contributed by atoms with Crippen LogP contribution in [0.25, 0.3) is 0 Å². The molecule has 3 rings (SSSR count). The first-order valence-electron chi connectivity index (χ1n) is 13.0. The van der Waals surface area contributed by atoms with E-state index in [-0.39, 0.29) is 24.1 Å². The summed E-state index contributed by atoms with van der Waals surface area (Å²) in [5.41, 5.74) is -8.31. The average Bonchev–Trinajstić information content (AvgIpc) is 3.25. The molecular formula is C24H36F3N4O7S+. The summed E-state index contributed by atoms with van der Waals surface area (Å²) >= 11 is 0. The number of sulfonamides is 1. The minimum absolute atomic E-state index is 0.0680. The van der Waals surface area contributed by atoms with Crippen molar-refractivity contribution in [1.29, 1.82) is 0 Å². The van der Waals surface area contributed by atoms with E-state index in [4.69, 9.17) is 4.74 Å². The Morgan fingerprint density at radius 2 is 1.82 bits per heavy atom. The number of rotatable bonds is 3. The van der Waals surface area contributed by atoms with E-state index < -0.39 is 68.5 Å². The second-order valence-electron chi connectivity index (χ2n) is 11.2. The molecule has 0 aromatic heterocycles. The lowest BCUT2D eigenvalue weighted by Crippen LogP contribution is -2.96. The number of carbonyl (C=O) groups excluding carboxylic acids is 4. The highest BCUT2D eigenvalue weighted by Gasteiger charge is 2.66. The second-order valence-corrected chi connectivity index (χ2v) is 13.0. The molecule has 11 nitrogen and oxygen atoms in total. The molecule has 1 aliphatic carbocycles. The standard InChI is InChI=1S/C24H35F3N4O7S/c1-22(2,3)38-21(35)28-16-11-8-6-4-5-7-10-15-14-23(15,20(34)30-39(36,37)24(25,26)27)29-18(32)17-12-9-13-31(17)19(16)33/h7,10,15-17H,4-6,8-9,11-14H2,1-3H3,(H,28,35)(H,29,32)(H,30,34)/p+1. The summed E-state index contributed by atoms with van der Waals surface area (Å²) in [4.78, 5) is 53.4. The number of hydrogen-bond donors (Lipinski definition) is 3. The van der Waals surface area contributed by atoms with Crippen molar-refractivity contribution in [2.45, 2.75) is 101 Å². The van der Waals surface area contributed by atoms with Crippen molar-refractivity contribution in [3.05, 3.63) is 12.2 Å². The van der Waals surface area contributed by atoms with E-state index in [1.54, 1.807) is 32.9 Å². The van der Waals surface area contributed by atoms with Crippen LogP contribution in [0.5, 0.6) is 0 Å². The highest BCUT2D eigenvalue weighted by atomic mass is 32.2. The minimum atomic E-state index is -5.87. The Labute approximate surface area is 225 Å². The maximum atomic E-state index is 13.5. The predicted octanol–water partition coefficient (Wildman–Crippen LogP) is 1.21. The minimum Gasteiger partial charge on any atom is -0.444 e. The van der Waals surface area contributed by atoms with E-state index in [2.05, 4.69) is 10.6 Å². The molecule has 220 valence electrons. The quantitative estimate of drug-likeness (QED) is 0.423. The van der Waals surface area contributed by atoms with Gasteiger partial charge in [-0.2, -0.15) is 26.3 Å². The molecule has 1 saturated carbocycles. The Morgan fingerprint density at radius 1 is 1.13 bits per heavy atom. The largest absolute Gasteiger partial charge is 0.549 e. The average molecular weight is 582 g/mol. The van der Waals surface area contributed by atoms with Gasteiger partial charge in [0.2, 0.25) is 11.8 Å². The van der Waals surface area contributed by atoms with Crippen LogP contribution >= 0.6 is 0 Å². The normalized spacial score (nSPS) is 28.9. The third-order valence-electron chi connectivity index (χ3n) is 6.95. The number of primary sulfonamides is 1. The molecule has 15 heteroatoms. The third-order valence-corrected chi connectivity index (χ3v) is 8.11. The van der Waals surface area contributed by atoms with Gasteiger partial charge in [-0.1, -0.05) is 25.0 Å². The van der Waals surface area contributed by atoms with Crippen molar-refractivity contribution in [3.8, 4) is 0 Å². The highest BCUT2D eigenvalue weighted by molar-refractivity contribution is 7.85. The summed E-state index contributed by atoms with van der Waals surface area (Å²) in [7, 11) is -5.87. The van der Waals surface area contributed by atoms with Gasteiger partial charge in [0.1, 0.15) is 17.7 Å². The van der Waals surface area contributed by atoms with Gasteiger partial charge in [-0.3, -0.25) is 9.59 Å². The number of halogens is 3. The lowest BCUT2D eigenvalue weighted by molar-refractivity contribution is -0.425. The molecule has 0 aromatic rings. The molecule has 3 aliphatic rings. The fraction of sp³-hybridized carbons (Fsp3) is 0.750. The van der Waals surface area contributed by atoms with Gasteiger partial charge in [0.25, 0.3) is 0 Å². The number of nitrogens with zero attached hydrogens (tertiary/aromatic N) is 1. The Hall–Kier alpha value is -2.68. The molecule has 1 saturated heterocycles. The number of fused-ring (bicyclic) bond motifs is 2. The summed E-state index contributed by atoms with van der Waals surface area (Å²) in [5.74, 6) is -3.34. The zero-order valence-corrected chi connectivity index (χ0v) is 23.0. The zero-order valence-electron chi connectivity index (χ0n) is 22.2. The van der Waals surface area contributed by atoms with Crippen molar-refractivity contribution >= 4 is 33.8 Å². The van der Waals surface area contributed by atoms with Gasteiger partial charge in [0, 0.05) is 12.5 Å². The number of nitrogens with two attached hydrogens (primary N) is 1. The van der Waals surface area contributed by atoms with Crippen LogP contribution in [0.15, 0.2) is 12.2 Å². The number of hydrogen-bond acceptors (Lipinski definition) is 7. The number of allylic oxidation sites excluding steroid dienone is 1. The molecule has 2 heterocycles. The molecule has 0 bridgehead atoms. The van der Waals surface area contributed by atoms with Crippen LogP contribution in [0.3, 0.4) is 0 Å². The lowest BCUT2D eigenvalue weighted by atomic mass is 10.0. The summed E-state index contributed by atoms with van der Waals surface area (Å²) in [5, 5.41) is 5.08. The number of ether oxygens (including phenoxy) is 1. The number of alkyl halides is 3.